The quantitative estimate of drug-likeness (QED) is 0.518. The monoisotopic (exact) mass is 476 g/mol. The van der Waals surface area contributed by atoms with Crippen molar-refractivity contribution in [2.45, 2.75) is 4.90 Å². The molecule has 0 unspecified atom stereocenters. The van der Waals surface area contributed by atoms with Gasteiger partial charge in [-0.1, -0.05) is 41.9 Å². The summed E-state index contributed by atoms with van der Waals surface area (Å²) in [7, 11) is -3.07. The van der Waals surface area contributed by atoms with Gasteiger partial charge in [0.15, 0.2) is 0 Å². The molecule has 10 heteroatoms. The highest BCUT2D eigenvalue weighted by Crippen LogP contribution is 2.27. The molecule has 0 fully saturated rings. The van der Waals surface area contributed by atoms with Gasteiger partial charge in [0.2, 0.25) is 5.91 Å². The molecule has 0 atom stereocenters. The maximum atomic E-state index is 14.5. The smallest absolute Gasteiger partial charge is 0.337 e. The van der Waals surface area contributed by atoms with Crippen molar-refractivity contribution in [1.29, 1.82) is 0 Å². The fourth-order valence-electron chi connectivity index (χ4n) is 2.86. The molecule has 1 N–H and O–H groups in total. The minimum Gasteiger partial charge on any atom is -0.465 e. The summed E-state index contributed by atoms with van der Waals surface area (Å²) in [6, 6.07) is 16.7. The number of hydrogen-bond donors (Lipinski definition) is 1. The number of carbonyl (C=O) groups excluding carboxylic acids is 2. The van der Waals surface area contributed by atoms with E-state index >= 15 is 0 Å². The van der Waals surface area contributed by atoms with Crippen LogP contribution in [0.15, 0.2) is 77.7 Å². The summed E-state index contributed by atoms with van der Waals surface area (Å²) in [5.41, 5.74) is -0.0823. The van der Waals surface area contributed by atoms with Crippen LogP contribution in [0.5, 0.6) is 0 Å². The van der Waals surface area contributed by atoms with Crippen LogP contribution in [-0.2, 0) is 19.6 Å². The van der Waals surface area contributed by atoms with Crippen LogP contribution >= 0.6 is 11.6 Å². The number of ether oxygens (including phenoxy) is 1. The zero-order valence-corrected chi connectivity index (χ0v) is 18.4. The zero-order chi connectivity index (χ0) is 23.3. The molecule has 0 saturated carbocycles. The Morgan fingerprint density at radius 1 is 1.03 bits per heavy atom. The minimum atomic E-state index is -4.27. The molecule has 32 heavy (non-hydrogen) atoms. The molecule has 166 valence electrons. The van der Waals surface area contributed by atoms with E-state index in [-0.39, 0.29) is 26.9 Å². The molecule has 0 aromatic heterocycles. The van der Waals surface area contributed by atoms with E-state index in [1.54, 1.807) is 6.07 Å². The van der Waals surface area contributed by atoms with Crippen molar-refractivity contribution in [2.24, 2.45) is 0 Å². The van der Waals surface area contributed by atoms with Crippen molar-refractivity contribution in [2.75, 3.05) is 23.3 Å². The normalized spacial score (nSPS) is 11.0. The molecule has 3 aromatic carbocycles. The first-order valence-corrected chi connectivity index (χ1v) is 11.1. The van der Waals surface area contributed by atoms with Crippen molar-refractivity contribution in [3.05, 3.63) is 89.2 Å². The number of hydrogen-bond acceptors (Lipinski definition) is 5. The molecule has 0 aliphatic heterocycles. The maximum absolute atomic E-state index is 14.5. The molecule has 0 radical (unpaired) electrons. The number of methoxy groups -OCH3 is 1. The lowest BCUT2D eigenvalue weighted by molar-refractivity contribution is -0.114. The average molecular weight is 477 g/mol. The Balaban J connectivity index is 1.95. The van der Waals surface area contributed by atoms with E-state index < -0.39 is 34.3 Å². The number of para-hydroxylation sites is 1. The van der Waals surface area contributed by atoms with E-state index in [0.29, 0.717) is 4.31 Å². The van der Waals surface area contributed by atoms with E-state index in [2.05, 4.69) is 10.1 Å². The summed E-state index contributed by atoms with van der Waals surface area (Å²) in [6.07, 6.45) is 0. The first-order chi connectivity index (χ1) is 15.2. The van der Waals surface area contributed by atoms with Gasteiger partial charge < -0.3 is 10.1 Å². The van der Waals surface area contributed by atoms with Crippen molar-refractivity contribution in [3.8, 4) is 0 Å². The summed E-state index contributed by atoms with van der Waals surface area (Å²) in [6.45, 7) is -0.739. The molecule has 1 amide bonds. The predicted molar refractivity (Wildman–Crippen MR) is 119 cm³/mol. The Morgan fingerprint density at radius 3 is 2.34 bits per heavy atom. The van der Waals surface area contributed by atoms with Gasteiger partial charge in [-0.15, -0.1) is 0 Å². The molecular weight excluding hydrogens is 459 g/mol. The standard InChI is InChI=1S/C22H18ClFN2O5S/c1-31-22(28)15-11-12-17(23)19(13-15)25-21(27)14-26(20-10-6-5-9-18(20)24)32(29,30)16-7-3-2-4-8-16/h2-13H,14H2,1H3,(H,25,27). The summed E-state index contributed by atoms with van der Waals surface area (Å²) in [5, 5.41) is 2.59. The second kappa shape index (κ2) is 9.80. The van der Waals surface area contributed by atoms with E-state index in [0.717, 1.165) is 6.07 Å². The predicted octanol–water partition coefficient (Wildman–Crippen LogP) is 4.10. The Bertz CT molecular complexity index is 1250. The summed E-state index contributed by atoms with van der Waals surface area (Å²) in [4.78, 5) is 24.4. The Kier molecular flexibility index (Phi) is 7.12. The van der Waals surface area contributed by atoms with Gasteiger partial charge in [-0.2, -0.15) is 0 Å². The van der Waals surface area contributed by atoms with Crippen LogP contribution in [-0.4, -0.2) is 33.9 Å². The van der Waals surface area contributed by atoms with Crippen molar-refractivity contribution >= 4 is 44.9 Å². The molecule has 3 aromatic rings. The zero-order valence-electron chi connectivity index (χ0n) is 16.8. The van der Waals surface area contributed by atoms with Gasteiger partial charge in [0.25, 0.3) is 10.0 Å². The van der Waals surface area contributed by atoms with Gasteiger partial charge in [-0.3, -0.25) is 9.10 Å². The van der Waals surface area contributed by atoms with Crippen molar-refractivity contribution in [3.63, 3.8) is 0 Å². The number of amides is 1. The fourth-order valence-corrected chi connectivity index (χ4v) is 4.47. The van der Waals surface area contributed by atoms with Gasteiger partial charge in [0.05, 0.1) is 34.0 Å². The topological polar surface area (TPSA) is 92.8 Å². The maximum Gasteiger partial charge on any atom is 0.337 e. The van der Waals surface area contributed by atoms with Gasteiger partial charge in [0.1, 0.15) is 12.4 Å². The second-order valence-electron chi connectivity index (χ2n) is 6.51. The van der Waals surface area contributed by atoms with Gasteiger partial charge >= 0.3 is 5.97 Å². The van der Waals surface area contributed by atoms with Gasteiger partial charge in [-0.05, 0) is 42.5 Å². The third-order valence-corrected chi connectivity index (χ3v) is 6.50. The Labute approximate surface area is 189 Å². The number of nitrogens with zero attached hydrogens (tertiary/aromatic N) is 1. The lowest BCUT2D eigenvalue weighted by Gasteiger charge is -2.24. The van der Waals surface area contributed by atoms with E-state index in [1.807, 2.05) is 0 Å². The first kappa shape index (κ1) is 23.2. The molecule has 0 spiro atoms. The molecule has 7 nitrogen and oxygen atoms in total. The number of sulfonamides is 1. The number of benzene rings is 3. The van der Waals surface area contributed by atoms with Gasteiger partial charge in [0, 0.05) is 0 Å². The van der Waals surface area contributed by atoms with Crippen molar-refractivity contribution in [1.82, 2.24) is 0 Å². The second-order valence-corrected chi connectivity index (χ2v) is 8.78. The average Bonchev–Trinajstić information content (AvgIpc) is 2.79. The van der Waals surface area contributed by atoms with Crippen LogP contribution in [0.4, 0.5) is 15.8 Å². The van der Waals surface area contributed by atoms with Gasteiger partial charge in [-0.25, -0.2) is 17.6 Å². The Hall–Kier alpha value is -3.43. The highest BCUT2D eigenvalue weighted by molar-refractivity contribution is 7.92. The number of anilines is 2. The number of carbonyl (C=O) groups is 2. The van der Waals surface area contributed by atoms with Crippen molar-refractivity contribution < 1.29 is 27.1 Å². The third-order valence-electron chi connectivity index (χ3n) is 4.40. The molecule has 0 saturated heterocycles. The molecule has 0 aliphatic carbocycles. The highest BCUT2D eigenvalue weighted by atomic mass is 35.5. The molecule has 0 bridgehead atoms. The summed E-state index contributed by atoms with van der Waals surface area (Å²) >= 11 is 6.09. The lowest BCUT2D eigenvalue weighted by Crippen LogP contribution is -2.38. The number of nitrogens with one attached hydrogen (secondary N) is 1. The fraction of sp³-hybridized carbons (Fsp3) is 0.0909. The summed E-state index contributed by atoms with van der Waals surface area (Å²) < 4.78 is 46.2. The van der Waals surface area contributed by atoms with Crippen LogP contribution in [0, 0.1) is 5.82 Å². The van der Waals surface area contributed by atoms with Crippen LogP contribution in [0.2, 0.25) is 5.02 Å². The number of esters is 1. The molecular formula is C22H18ClFN2O5S. The highest BCUT2D eigenvalue weighted by Gasteiger charge is 2.29. The SMILES string of the molecule is COC(=O)c1ccc(Cl)c(NC(=O)CN(c2ccccc2F)S(=O)(=O)c2ccccc2)c1. The van der Waals surface area contributed by atoms with E-state index in [9.17, 15) is 22.4 Å². The Morgan fingerprint density at radius 2 is 1.69 bits per heavy atom. The molecule has 0 aliphatic rings. The molecule has 3 rings (SSSR count). The van der Waals surface area contributed by atoms with Crippen LogP contribution in [0.25, 0.3) is 0 Å². The number of rotatable bonds is 7. The van der Waals surface area contributed by atoms with Crippen LogP contribution < -0.4 is 9.62 Å². The van der Waals surface area contributed by atoms with E-state index in [4.69, 9.17) is 11.6 Å². The van der Waals surface area contributed by atoms with Crippen LogP contribution in [0.3, 0.4) is 0 Å². The minimum absolute atomic E-state index is 0.0742. The lowest BCUT2D eigenvalue weighted by atomic mass is 10.2. The largest absolute Gasteiger partial charge is 0.465 e. The van der Waals surface area contributed by atoms with E-state index in [1.165, 1.54) is 67.8 Å². The summed E-state index contributed by atoms with van der Waals surface area (Å²) in [5.74, 6) is -2.25. The molecule has 0 heterocycles. The first-order valence-electron chi connectivity index (χ1n) is 9.24. The van der Waals surface area contributed by atoms with Crippen LogP contribution in [0.1, 0.15) is 10.4 Å². The third kappa shape index (κ3) is 5.06. The number of halogens is 2.